The maximum absolute atomic E-state index is 12.2. The van der Waals surface area contributed by atoms with Crippen molar-refractivity contribution in [2.45, 2.75) is 70.8 Å². The SMILES string of the molecule is CCCCCCCCc1ccc(NC(=O)NC2CC[N+](C)(C)CC2)cc1.[I-]. The first-order valence-electron chi connectivity index (χ1n) is 10.5. The largest absolute Gasteiger partial charge is 1.00 e. The lowest BCUT2D eigenvalue weighted by atomic mass is 10.0. The number of rotatable bonds is 9. The number of nitrogens with zero attached hydrogens (tertiary/aromatic N) is 1. The number of nitrogens with one attached hydrogen (secondary N) is 2. The van der Waals surface area contributed by atoms with E-state index in [-0.39, 0.29) is 30.0 Å². The summed E-state index contributed by atoms with van der Waals surface area (Å²) in [6, 6.07) is 8.54. The van der Waals surface area contributed by atoms with E-state index in [0.717, 1.165) is 42.5 Å². The molecule has 0 unspecified atom stereocenters. The Hall–Kier alpha value is -0.820. The van der Waals surface area contributed by atoms with Crippen LogP contribution in [0, 0.1) is 0 Å². The molecule has 27 heavy (non-hydrogen) atoms. The molecule has 5 heteroatoms. The van der Waals surface area contributed by atoms with E-state index in [1.54, 1.807) is 0 Å². The maximum atomic E-state index is 12.2. The second-order valence-electron chi connectivity index (χ2n) is 8.47. The minimum atomic E-state index is -0.0779. The van der Waals surface area contributed by atoms with E-state index in [2.05, 4.69) is 43.8 Å². The monoisotopic (exact) mass is 487 g/mol. The number of hydrogen-bond donors (Lipinski definition) is 2. The van der Waals surface area contributed by atoms with E-state index in [1.807, 2.05) is 12.1 Å². The lowest BCUT2D eigenvalue weighted by molar-refractivity contribution is -0.895. The van der Waals surface area contributed by atoms with Gasteiger partial charge < -0.3 is 39.1 Å². The number of piperidine rings is 1. The number of aryl methyl sites for hydroxylation is 1. The van der Waals surface area contributed by atoms with Crippen LogP contribution >= 0.6 is 0 Å². The van der Waals surface area contributed by atoms with E-state index in [0.29, 0.717) is 6.04 Å². The van der Waals surface area contributed by atoms with Gasteiger partial charge >= 0.3 is 6.03 Å². The fourth-order valence-electron chi connectivity index (χ4n) is 3.63. The summed E-state index contributed by atoms with van der Waals surface area (Å²) in [6.07, 6.45) is 11.2. The molecule has 2 N–H and O–H groups in total. The third kappa shape index (κ3) is 9.79. The zero-order valence-corrected chi connectivity index (χ0v) is 19.6. The molecule has 0 atom stereocenters. The lowest BCUT2D eigenvalue weighted by Crippen LogP contribution is -3.00. The van der Waals surface area contributed by atoms with Gasteiger partial charge in [0.05, 0.1) is 27.2 Å². The Labute approximate surface area is 183 Å². The highest BCUT2D eigenvalue weighted by Gasteiger charge is 2.26. The molecule has 1 saturated heterocycles. The van der Waals surface area contributed by atoms with E-state index < -0.39 is 0 Å². The number of anilines is 1. The molecule has 0 radical (unpaired) electrons. The predicted molar refractivity (Wildman–Crippen MR) is 111 cm³/mol. The molecule has 1 aliphatic heterocycles. The van der Waals surface area contributed by atoms with Crippen molar-refractivity contribution in [3.8, 4) is 0 Å². The molecular formula is C22H38IN3O. The van der Waals surface area contributed by atoms with Crippen molar-refractivity contribution >= 4 is 11.7 Å². The van der Waals surface area contributed by atoms with Crippen molar-refractivity contribution in [1.82, 2.24) is 5.32 Å². The van der Waals surface area contributed by atoms with Crippen LogP contribution in [0.5, 0.6) is 0 Å². The number of urea groups is 1. The molecule has 154 valence electrons. The third-order valence-electron chi connectivity index (χ3n) is 5.53. The highest BCUT2D eigenvalue weighted by atomic mass is 127. The van der Waals surface area contributed by atoms with Crippen molar-refractivity contribution < 1.29 is 33.3 Å². The molecule has 0 spiro atoms. The zero-order valence-electron chi connectivity index (χ0n) is 17.4. The summed E-state index contributed by atoms with van der Waals surface area (Å²) in [5, 5.41) is 6.09. The van der Waals surface area contributed by atoms with Gasteiger partial charge in [-0.1, -0.05) is 51.2 Å². The fourth-order valence-corrected chi connectivity index (χ4v) is 3.63. The molecular weight excluding hydrogens is 449 g/mol. The molecule has 1 fully saturated rings. The van der Waals surface area contributed by atoms with Crippen LogP contribution in [0.3, 0.4) is 0 Å². The highest BCUT2D eigenvalue weighted by molar-refractivity contribution is 5.89. The number of benzene rings is 1. The number of carbonyl (C=O) groups excluding carboxylic acids is 1. The molecule has 1 aromatic rings. The summed E-state index contributed by atoms with van der Waals surface area (Å²) in [5.41, 5.74) is 2.24. The van der Waals surface area contributed by atoms with E-state index in [1.165, 1.54) is 44.1 Å². The Kier molecular flexibility index (Phi) is 11.3. The zero-order chi connectivity index (χ0) is 18.8. The summed E-state index contributed by atoms with van der Waals surface area (Å²) in [4.78, 5) is 12.2. The Balaban J connectivity index is 0.00000364. The molecule has 0 bridgehead atoms. The normalized spacial score (nSPS) is 16.4. The van der Waals surface area contributed by atoms with Crippen molar-refractivity contribution in [3.63, 3.8) is 0 Å². The summed E-state index contributed by atoms with van der Waals surface area (Å²) >= 11 is 0. The third-order valence-corrected chi connectivity index (χ3v) is 5.53. The first-order valence-corrected chi connectivity index (χ1v) is 10.5. The molecule has 0 aliphatic carbocycles. The van der Waals surface area contributed by atoms with Crippen molar-refractivity contribution in [2.75, 3.05) is 32.5 Å². The minimum Gasteiger partial charge on any atom is -1.00 e. The number of carbonyl (C=O) groups is 1. The van der Waals surface area contributed by atoms with Gasteiger partial charge in [-0.25, -0.2) is 4.79 Å². The number of unbranched alkanes of at least 4 members (excludes halogenated alkanes) is 5. The first-order chi connectivity index (χ1) is 12.5. The molecule has 1 aliphatic rings. The van der Waals surface area contributed by atoms with E-state index in [9.17, 15) is 4.79 Å². The topological polar surface area (TPSA) is 41.1 Å². The minimum absolute atomic E-state index is 0. The molecule has 4 nitrogen and oxygen atoms in total. The van der Waals surface area contributed by atoms with Gasteiger partial charge in [0, 0.05) is 24.6 Å². The van der Waals surface area contributed by atoms with Crippen molar-refractivity contribution in [2.24, 2.45) is 0 Å². The smallest absolute Gasteiger partial charge is 0.319 e. The number of likely N-dealkylation sites (tertiary alicyclic amines) is 1. The Morgan fingerprint density at radius 3 is 2.22 bits per heavy atom. The van der Waals surface area contributed by atoms with Crippen LogP contribution in [0.25, 0.3) is 0 Å². The molecule has 1 heterocycles. The van der Waals surface area contributed by atoms with E-state index >= 15 is 0 Å². The second-order valence-corrected chi connectivity index (χ2v) is 8.47. The number of quaternary nitrogens is 1. The Morgan fingerprint density at radius 2 is 1.59 bits per heavy atom. The average Bonchev–Trinajstić information content (AvgIpc) is 2.61. The lowest BCUT2D eigenvalue weighted by Gasteiger charge is -2.37. The van der Waals surface area contributed by atoms with Crippen LogP contribution in [0.1, 0.15) is 63.9 Å². The Morgan fingerprint density at radius 1 is 1.00 bits per heavy atom. The van der Waals surface area contributed by atoms with Gasteiger partial charge in [0.2, 0.25) is 0 Å². The second kappa shape index (κ2) is 12.6. The standard InChI is InChI=1S/C22H37N3O.HI/c1-4-5-6-7-8-9-10-19-11-13-20(14-12-19)23-22(26)24-21-15-17-25(2,3)18-16-21;/h11-14,21H,4-10,15-18H2,1-3H3,(H-,23,24,26);1H. The van der Waals surface area contributed by atoms with Gasteiger partial charge in [0.25, 0.3) is 0 Å². The molecule has 0 saturated carbocycles. The first kappa shape index (κ1) is 24.2. The molecule has 0 aromatic heterocycles. The maximum Gasteiger partial charge on any atom is 0.319 e. The van der Waals surface area contributed by atoms with Gasteiger partial charge in [-0.15, -0.1) is 0 Å². The van der Waals surface area contributed by atoms with Crippen molar-refractivity contribution in [3.05, 3.63) is 29.8 Å². The summed E-state index contributed by atoms with van der Waals surface area (Å²) in [6.45, 7) is 4.50. The highest BCUT2D eigenvalue weighted by Crippen LogP contribution is 2.16. The summed E-state index contributed by atoms with van der Waals surface area (Å²) < 4.78 is 1.06. The molecule has 2 amide bonds. The molecule has 2 rings (SSSR count). The van der Waals surface area contributed by atoms with Crippen LogP contribution in [-0.2, 0) is 6.42 Å². The van der Waals surface area contributed by atoms with Crippen LogP contribution in [0.4, 0.5) is 10.5 Å². The number of amides is 2. The van der Waals surface area contributed by atoms with Crippen molar-refractivity contribution in [1.29, 1.82) is 0 Å². The van der Waals surface area contributed by atoms with Gasteiger partial charge in [0.1, 0.15) is 0 Å². The van der Waals surface area contributed by atoms with Crippen LogP contribution < -0.4 is 34.6 Å². The fraction of sp³-hybridized carbons (Fsp3) is 0.682. The average molecular weight is 487 g/mol. The van der Waals surface area contributed by atoms with Gasteiger partial charge in [-0.05, 0) is 30.5 Å². The van der Waals surface area contributed by atoms with Gasteiger partial charge in [-0.3, -0.25) is 0 Å². The number of halogens is 1. The predicted octanol–water partition coefficient (Wildman–Crippen LogP) is 1.95. The van der Waals surface area contributed by atoms with Crippen LogP contribution in [0.15, 0.2) is 24.3 Å². The number of hydrogen-bond acceptors (Lipinski definition) is 1. The van der Waals surface area contributed by atoms with E-state index in [4.69, 9.17) is 0 Å². The summed E-state index contributed by atoms with van der Waals surface area (Å²) in [5.74, 6) is 0. The van der Waals surface area contributed by atoms with Crippen LogP contribution in [-0.4, -0.2) is 43.7 Å². The molecule has 1 aromatic carbocycles. The quantitative estimate of drug-likeness (QED) is 0.312. The summed E-state index contributed by atoms with van der Waals surface area (Å²) in [7, 11) is 4.51. The van der Waals surface area contributed by atoms with Gasteiger partial charge in [0.15, 0.2) is 0 Å². The Bertz CT molecular complexity index is 535. The van der Waals surface area contributed by atoms with Gasteiger partial charge in [-0.2, -0.15) is 0 Å². The van der Waals surface area contributed by atoms with Crippen LogP contribution in [0.2, 0.25) is 0 Å².